The minimum Gasteiger partial charge on any atom is -0.472 e. The van der Waals surface area contributed by atoms with Crippen LogP contribution in [0.5, 0.6) is 0 Å². The fourth-order valence-corrected chi connectivity index (χ4v) is 2.47. The van der Waals surface area contributed by atoms with Crippen molar-refractivity contribution in [1.29, 1.82) is 0 Å². The van der Waals surface area contributed by atoms with E-state index in [9.17, 15) is 4.39 Å². The van der Waals surface area contributed by atoms with Crippen LogP contribution in [0.25, 0.3) is 0 Å². The molecule has 1 aromatic carbocycles. The lowest BCUT2D eigenvalue weighted by Gasteiger charge is -2.19. The van der Waals surface area contributed by atoms with Gasteiger partial charge in [-0.1, -0.05) is 24.6 Å². The van der Waals surface area contributed by atoms with Crippen molar-refractivity contribution in [3.8, 4) is 0 Å². The topological polar surface area (TPSA) is 25.2 Å². The first-order valence-electron chi connectivity index (χ1n) is 6.88. The van der Waals surface area contributed by atoms with Crippen molar-refractivity contribution in [2.45, 2.75) is 32.2 Å². The van der Waals surface area contributed by atoms with Gasteiger partial charge in [0, 0.05) is 16.6 Å². The molecule has 0 saturated carbocycles. The van der Waals surface area contributed by atoms with Crippen LogP contribution in [0.15, 0.2) is 41.2 Å². The molecule has 1 heterocycles. The van der Waals surface area contributed by atoms with E-state index in [0.717, 1.165) is 24.9 Å². The number of hydrogen-bond donors (Lipinski definition) is 1. The SMILES string of the molecule is CCCNC(Cc1ccoc1)Cc1c(F)cccc1Cl. The highest BCUT2D eigenvalue weighted by Gasteiger charge is 2.15. The van der Waals surface area contributed by atoms with Gasteiger partial charge in [-0.15, -0.1) is 0 Å². The smallest absolute Gasteiger partial charge is 0.127 e. The first-order valence-corrected chi connectivity index (χ1v) is 7.25. The molecule has 0 aliphatic carbocycles. The number of furan rings is 1. The first-order chi connectivity index (χ1) is 9.70. The Morgan fingerprint density at radius 3 is 2.80 bits per heavy atom. The number of hydrogen-bond acceptors (Lipinski definition) is 2. The van der Waals surface area contributed by atoms with Gasteiger partial charge in [0.1, 0.15) is 5.82 Å². The molecule has 2 nitrogen and oxygen atoms in total. The molecule has 0 saturated heterocycles. The maximum absolute atomic E-state index is 13.9. The molecule has 1 atom stereocenters. The van der Waals surface area contributed by atoms with Gasteiger partial charge >= 0.3 is 0 Å². The van der Waals surface area contributed by atoms with Crippen molar-refractivity contribution in [3.63, 3.8) is 0 Å². The van der Waals surface area contributed by atoms with Gasteiger partial charge in [-0.3, -0.25) is 0 Å². The summed E-state index contributed by atoms with van der Waals surface area (Å²) in [6, 6.07) is 6.89. The molecule has 4 heteroatoms. The van der Waals surface area contributed by atoms with Gasteiger partial charge in [0.05, 0.1) is 12.5 Å². The second kappa shape index (κ2) is 7.46. The Kier molecular flexibility index (Phi) is 5.62. The Balaban J connectivity index is 2.10. The molecule has 0 radical (unpaired) electrons. The van der Waals surface area contributed by atoms with E-state index >= 15 is 0 Å². The van der Waals surface area contributed by atoms with E-state index in [1.165, 1.54) is 6.07 Å². The number of halogens is 2. The normalized spacial score (nSPS) is 12.6. The predicted octanol–water partition coefficient (Wildman–Crippen LogP) is 4.23. The van der Waals surface area contributed by atoms with Crippen LogP contribution in [0, 0.1) is 5.82 Å². The molecule has 1 unspecified atom stereocenters. The average molecular weight is 296 g/mol. The van der Waals surface area contributed by atoms with Crippen molar-refractivity contribution < 1.29 is 8.81 Å². The average Bonchev–Trinajstić information content (AvgIpc) is 2.93. The second-order valence-corrected chi connectivity index (χ2v) is 5.30. The van der Waals surface area contributed by atoms with Crippen LogP contribution in [0.1, 0.15) is 24.5 Å². The van der Waals surface area contributed by atoms with Crippen LogP contribution in [0.4, 0.5) is 4.39 Å². The Bertz CT molecular complexity index is 507. The number of rotatable bonds is 7. The van der Waals surface area contributed by atoms with E-state index in [-0.39, 0.29) is 11.9 Å². The van der Waals surface area contributed by atoms with Crippen LogP contribution in [-0.2, 0) is 12.8 Å². The fraction of sp³-hybridized carbons (Fsp3) is 0.375. The summed E-state index contributed by atoms with van der Waals surface area (Å²) < 4.78 is 19.0. The third-order valence-corrected chi connectivity index (χ3v) is 3.61. The van der Waals surface area contributed by atoms with Crippen molar-refractivity contribution >= 4 is 11.6 Å². The second-order valence-electron chi connectivity index (χ2n) is 4.89. The molecule has 2 rings (SSSR count). The van der Waals surface area contributed by atoms with Crippen LogP contribution in [0.2, 0.25) is 5.02 Å². The minimum absolute atomic E-state index is 0.141. The number of nitrogens with one attached hydrogen (secondary N) is 1. The van der Waals surface area contributed by atoms with Gasteiger partial charge in [0.15, 0.2) is 0 Å². The maximum Gasteiger partial charge on any atom is 0.127 e. The van der Waals surface area contributed by atoms with E-state index < -0.39 is 0 Å². The predicted molar refractivity (Wildman–Crippen MR) is 79.6 cm³/mol. The lowest BCUT2D eigenvalue weighted by molar-refractivity contribution is 0.488. The zero-order valence-electron chi connectivity index (χ0n) is 11.5. The quantitative estimate of drug-likeness (QED) is 0.827. The van der Waals surface area contributed by atoms with E-state index in [4.69, 9.17) is 16.0 Å². The molecular weight excluding hydrogens is 277 g/mol. The van der Waals surface area contributed by atoms with Crippen LogP contribution in [0.3, 0.4) is 0 Å². The van der Waals surface area contributed by atoms with Gasteiger partial charge in [-0.2, -0.15) is 0 Å². The molecule has 0 fully saturated rings. The molecule has 0 spiro atoms. The van der Waals surface area contributed by atoms with E-state index in [1.807, 2.05) is 6.07 Å². The van der Waals surface area contributed by atoms with Gasteiger partial charge in [-0.25, -0.2) is 4.39 Å². The van der Waals surface area contributed by atoms with E-state index in [1.54, 1.807) is 24.7 Å². The maximum atomic E-state index is 13.9. The highest BCUT2D eigenvalue weighted by molar-refractivity contribution is 6.31. The zero-order valence-corrected chi connectivity index (χ0v) is 12.3. The van der Waals surface area contributed by atoms with Crippen LogP contribution in [-0.4, -0.2) is 12.6 Å². The summed E-state index contributed by atoms with van der Waals surface area (Å²) in [5.74, 6) is -0.243. The fourth-order valence-electron chi connectivity index (χ4n) is 2.23. The van der Waals surface area contributed by atoms with Gasteiger partial charge in [-0.05, 0) is 49.6 Å². The van der Waals surface area contributed by atoms with E-state index in [0.29, 0.717) is 17.0 Å². The highest BCUT2D eigenvalue weighted by Crippen LogP contribution is 2.21. The standard InChI is InChI=1S/C16H19ClFNO/c1-2-7-19-13(9-12-6-8-20-11-12)10-14-15(17)4-3-5-16(14)18/h3-6,8,11,13,19H,2,7,9-10H2,1H3. The summed E-state index contributed by atoms with van der Waals surface area (Å²) >= 11 is 6.10. The molecule has 20 heavy (non-hydrogen) atoms. The van der Waals surface area contributed by atoms with Crippen LogP contribution < -0.4 is 5.32 Å². The largest absolute Gasteiger partial charge is 0.472 e. The van der Waals surface area contributed by atoms with Gasteiger partial charge in [0.2, 0.25) is 0 Å². The summed E-state index contributed by atoms with van der Waals surface area (Å²) in [5, 5.41) is 3.93. The lowest BCUT2D eigenvalue weighted by atomic mass is 10.00. The van der Waals surface area contributed by atoms with Gasteiger partial charge in [0.25, 0.3) is 0 Å². The summed E-state index contributed by atoms with van der Waals surface area (Å²) in [4.78, 5) is 0. The van der Waals surface area contributed by atoms with Crippen LogP contribution >= 0.6 is 11.6 Å². The van der Waals surface area contributed by atoms with Crippen molar-refractivity contribution in [3.05, 3.63) is 58.8 Å². The molecule has 0 bridgehead atoms. The molecule has 2 aromatic rings. The summed E-state index contributed by atoms with van der Waals surface area (Å²) in [5.41, 5.74) is 1.68. The Morgan fingerprint density at radius 2 is 2.15 bits per heavy atom. The Hall–Kier alpha value is -1.32. The third-order valence-electron chi connectivity index (χ3n) is 3.26. The van der Waals surface area contributed by atoms with E-state index in [2.05, 4.69) is 12.2 Å². The molecule has 108 valence electrons. The molecular formula is C16H19ClFNO. The third kappa shape index (κ3) is 4.09. The van der Waals surface area contributed by atoms with Gasteiger partial charge < -0.3 is 9.73 Å². The monoisotopic (exact) mass is 295 g/mol. The molecule has 0 aliphatic rings. The van der Waals surface area contributed by atoms with Crippen molar-refractivity contribution in [2.24, 2.45) is 0 Å². The highest BCUT2D eigenvalue weighted by atomic mass is 35.5. The summed E-state index contributed by atoms with van der Waals surface area (Å²) in [6.07, 6.45) is 5.77. The van der Waals surface area contributed by atoms with Crippen molar-refractivity contribution in [1.82, 2.24) is 5.32 Å². The molecule has 0 aliphatic heterocycles. The first kappa shape index (κ1) is 15.1. The molecule has 1 aromatic heterocycles. The Morgan fingerprint density at radius 1 is 1.30 bits per heavy atom. The lowest BCUT2D eigenvalue weighted by Crippen LogP contribution is -2.34. The molecule has 1 N–H and O–H groups in total. The Labute approximate surface area is 123 Å². The number of benzene rings is 1. The molecule has 0 amide bonds. The minimum atomic E-state index is -0.243. The zero-order chi connectivity index (χ0) is 14.4. The summed E-state index contributed by atoms with van der Waals surface area (Å²) in [7, 11) is 0. The van der Waals surface area contributed by atoms with Crippen molar-refractivity contribution in [2.75, 3.05) is 6.54 Å². The summed E-state index contributed by atoms with van der Waals surface area (Å²) in [6.45, 7) is 3.01.